The number of allylic oxidation sites excluding steroid dienone is 4. The summed E-state index contributed by atoms with van der Waals surface area (Å²) in [4.78, 5) is 0. The average molecular weight is 829 g/mol. The topological polar surface area (TPSA) is 0 Å². The van der Waals surface area contributed by atoms with E-state index in [0.717, 1.165) is 6.42 Å². The molecule has 0 N–H and O–H groups in total. The summed E-state index contributed by atoms with van der Waals surface area (Å²) >= 11 is -5.15. The molecule has 1 atom stereocenters. The fourth-order valence-electron chi connectivity index (χ4n) is 9.63. The number of hydrogen-bond acceptors (Lipinski definition) is 0. The molecule has 0 nitrogen and oxygen atoms in total. The monoisotopic (exact) mass is 826 g/mol. The molecule has 4 aromatic rings. The summed E-state index contributed by atoms with van der Waals surface area (Å²) in [5.74, 6) is 0.290. The maximum absolute atomic E-state index is 6.00. The van der Waals surface area contributed by atoms with Gasteiger partial charge in [-0.2, -0.15) is 0 Å². The Morgan fingerprint density at radius 3 is 1.40 bits per heavy atom. The van der Waals surface area contributed by atoms with Crippen molar-refractivity contribution < 1.29 is 18.3 Å². The summed E-state index contributed by atoms with van der Waals surface area (Å²) in [7, 11) is 0. The zero-order chi connectivity index (χ0) is 37.7. The van der Waals surface area contributed by atoms with Crippen LogP contribution in [0.25, 0.3) is 11.1 Å². The third-order valence-corrected chi connectivity index (χ3v) is 29.6. The Hall–Kier alpha value is -2.31. The summed E-state index contributed by atoms with van der Waals surface area (Å²) in [6, 6.07) is 32.0. The molecule has 0 aliphatic heterocycles. The van der Waals surface area contributed by atoms with Crippen LogP contribution < -0.4 is 9.81 Å². The minimum atomic E-state index is -5.15. The molecule has 4 aromatic carbocycles. The van der Waals surface area contributed by atoms with Gasteiger partial charge >= 0.3 is 314 Å². The van der Waals surface area contributed by atoms with Crippen LogP contribution in [0.2, 0.25) is 0 Å². The van der Waals surface area contributed by atoms with E-state index in [1.54, 1.807) is 6.55 Å². The van der Waals surface area contributed by atoms with E-state index in [9.17, 15) is 0 Å². The molecule has 2 aliphatic carbocycles. The number of benzene rings is 4. The van der Waals surface area contributed by atoms with Gasteiger partial charge in [-0.1, -0.05) is 0 Å². The van der Waals surface area contributed by atoms with Gasteiger partial charge in [0.2, 0.25) is 0 Å². The van der Waals surface area contributed by atoms with Gasteiger partial charge in [0.25, 0.3) is 0 Å². The zero-order valence-electron chi connectivity index (χ0n) is 35.4. The van der Waals surface area contributed by atoms with Crippen LogP contribution in [0.15, 0.2) is 99.4 Å². The maximum atomic E-state index is 6.00. The van der Waals surface area contributed by atoms with Crippen molar-refractivity contribution >= 4 is 38.8 Å². The second kappa shape index (κ2) is 14.0. The van der Waals surface area contributed by atoms with E-state index in [4.69, 9.17) is 4.21 Å². The first kappa shape index (κ1) is 43.4. The Labute approximate surface area is 336 Å². The molecule has 6 rings (SSSR count). The van der Waals surface area contributed by atoms with Crippen molar-refractivity contribution in [3.63, 3.8) is 0 Å². The summed E-state index contributed by atoms with van der Waals surface area (Å²) in [5.41, 5.74) is 14.4. The molecule has 3 heteroatoms. The van der Waals surface area contributed by atoms with Crippen molar-refractivity contribution in [1.29, 1.82) is 0 Å². The molecule has 1 unspecified atom stereocenters. The fraction of sp³-hybridized carbons (Fsp3) is 0.420. The van der Waals surface area contributed by atoms with Crippen molar-refractivity contribution in [2.24, 2.45) is 5.92 Å². The minimum absolute atomic E-state index is 0. The normalized spacial score (nSPS) is 16.5. The van der Waals surface area contributed by atoms with Crippen LogP contribution in [0.5, 0.6) is 0 Å². The van der Waals surface area contributed by atoms with Crippen molar-refractivity contribution in [2.75, 3.05) is 0 Å². The van der Waals surface area contributed by atoms with E-state index in [2.05, 4.69) is 189 Å². The average Bonchev–Trinajstić information content (AvgIpc) is 3.53. The second-order valence-corrected chi connectivity index (χ2v) is 32.9. The predicted molar refractivity (Wildman–Crippen MR) is 239 cm³/mol. The van der Waals surface area contributed by atoms with E-state index in [1.807, 2.05) is 0 Å². The Bertz CT molecular complexity index is 2100. The van der Waals surface area contributed by atoms with Crippen LogP contribution in [0.3, 0.4) is 0 Å². The first-order valence-corrected chi connectivity index (χ1v) is 26.0. The van der Waals surface area contributed by atoms with Crippen molar-refractivity contribution in [2.45, 2.75) is 132 Å². The Morgan fingerprint density at radius 1 is 0.566 bits per heavy atom. The summed E-state index contributed by atoms with van der Waals surface area (Å²) in [5, 5.41) is 0. The standard InChI is InChI=1S/C21H25.2C10H13.C8H11.CH2.2ClH.Zr/c1-20(2,3)16-7-9-18-14(12-16)11-15-13-17(21(4,5)6)8-10-19(15)18;2*1-10(2,3)9-7-5-4-6-8-9;1-6-4-7(2)8(3)5-6;;;;/h7-10,12H,11H2,1-6H3;2*5-8H,1-3H3;4,6H,1-3H3;1H2;2*1H;. The first-order valence-electron chi connectivity index (χ1n) is 19.3. The van der Waals surface area contributed by atoms with Crippen LogP contribution in [-0.4, -0.2) is 4.21 Å². The molecule has 0 aromatic heterocycles. The second-order valence-electron chi connectivity index (χ2n) is 20.4. The van der Waals surface area contributed by atoms with Crippen LogP contribution in [-0.2, 0) is 46.4 Å². The van der Waals surface area contributed by atoms with Crippen LogP contribution in [0.1, 0.15) is 137 Å². The van der Waals surface area contributed by atoms with E-state index >= 15 is 0 Å². The third-order valence-electron chi connectivity index (χ3n) is 12.6. The van der Waals surface area contributed by atoms with E-state index in [-0.39, 0.29) is 52.4 Å². The number of hydrogen-bond donors (Lipinski definition) is 0. The summed E-state index contributed by atoms with van der Waals surface area (Å²) in [6.07, 6.45) is 3.47. The van der Waals surface area contributed by atoms with Crippen LogP contribution in [0.4, 0.5) is 0 Å². The van der Waals surface area contributed by atoms with Gasteiger partial charge in [-0.25, -0.2) is 0 Å². The molecule has 2 aliphatic rings. The molecule has 0 fully saturated rings. The molecule has 0 saturated carbocycles. The van der Waals surface area contributed by atoms with E-state index < -0.39 is 18.3 Å². The van der Waals surface area contributed by atoms with Gasteiger partial charge < -0.3 is 0 Å². The van der Waals surface area contributed by atoms with Gasteiger partial charge in [-0.15, -0.1) is 24.8 Å². The van der Waals surface area contributed by atoms with Crippen LogP contribution >= 0.6 is 24.8 Å². The molecule has 0 amide bonds. The van der Waals surface area contributed by atoms with Crippen molar-refractivity contribution in [1.82, 2.24) is 0 Å². The zero-order valence-corrected chi connectivity index (χ0v) is 39.5. The molecular formula is C50H66Cl2Zr. The third kappa shape index (κ3) is 6.93. The quantitative estimate of drug-likeness (QED) is 0.169. The first-order chi connectivity index (χ1) is 23.4. The number of halogens is 2. The van der Waals surface area contributed by atoms with Gasteiger partial charge in [0.1, 0.15) is 0 Å². The Balaban J connectivity index is 0.00000314. The van der Waals surface area contributed by atoms with Gasteiger partial charge in [-0.05, 0) is 0 Å². The Morgan fingerprint density at radius 2 is 1.00 bits per heavy atom. The molecule has 0 radical (unpaired) electrons. The van der Waals surface area contributed by atoms with E-state index in [1.165, 1.54) is 62.2 Å². The number of rotatable bonds is 4. The van der Waals surface area contributed by atoms with Gasteiger partial charge in [0.15, 0.2) is 0 Å². The van der Waals surface area contributed by atoms with Gasteiger partial charge in [0, 0.05) is 0 Å². The molecule has 0 heterocycles. The van der Waals surface area contributed by atoms with Gasteiger partial charge in [-0.3, -0.25) is 0 Å². The SMILES string of the molecule is Cl.Cl.[CH2]=[Zr]([C]1=C(C)C(C)=CC1C)([c]1ccc(C(C)(C)C)cc1)([c]1ccc(C(C)(C)C)cc1)[c]1c(C(C)(C)C)ccc2c1Cc1cc(C(C)(C)C)ccc1-2. The summed E-state index contributed by atoms with van der Waals surface area (Å²) < 4.78 is 12.1. The molecule has 284 valence electrons. The van der Waals surface area contributed by atoms with Gasteiger partial charge in [0.05, 0.1) is 0 Å². The molecule has 0 spiro atoms. The fourth-order valence-corrected chi connectivity index (χ4v) is 28.5. The van der Waals surface area contributed by atoms with Crippen molar-refractivity contribution in [3.8, 4) is 11.1 Å². The molecule has 0 bridgehead atoms. The summed E-state index contributed by atoms with van der Waals surface area (Å²) in [6.45, 7) is 35.4. The van der Waals surface area contributed by atoms with Crippen molar-refractivity contribution in [3.05, 3.63) is 133 Å². The Kier molecular flexibility index (Phi) is 11.5. The van der Waals surface area contributed by atoms with E-state index in [0.29, 0.717) is 0 Å². The molecule has 53 heavy (non-hydrogen) atoms. The van der Waals surface area contributed by atoms with Crippen LogP contribution in [0, 0.1) is 5.92 Å². The number of fused-ring (bicyclic) bond motifs is 3. The molecular weight excluding hydrogens is 763 g/mol. The molecule has 0 saturated heterocycles. The predicted octanol–water partition coefficient (Wildman–Crippen LogP) is 12.6.